The number of nitrogens with zero attached hydrogens (tertiary/aromatic N) is 4. The lowest BCUT2D eigenvalue weighted by atomic mass is 9.82. The van der Waals surface area contributed by atoms with Gasteiger partial charge in [0, 0.05) is 36.5 Å². The number of hydrogen-bond acceptors (Lipinski definition) is 6. The fraction of sp³-hybridized carbons (Fsp3) is 0.462. The number of aromatic nitrogens is 3. The van der Waals surface area contributed by atoms with Crippen LogP contribution in [0.15, 0.2) is 24.4 Å². The van der Waals surface area contributed by atoms with Crippen molar-refractivity contribution >= 4 is 23.3 Å². The number of aryl methyl sites for hydroxylation is 1. The number of aliphatic hydroxyl groups excluding tert-OH is 1. The second-order valence-corrected chi connectivity index (χ2v) is 10.4. The molecule has 1 aliphatic heterocycles. The van der Waals surface area contributed by atoms with Gasteiger partial charge in [-0.15, -0.1) is 5.10 Å². The highest BCUT2D eigenvalue weighted by molar-refractivity contribution is 6.04. The Hall–Kier alpha value is -3.46. The van der Waals surface area contributed by atoms with E-state index in [1.165, 1.54) is 17.4 Å². The van der Waals surface area contributed by atoms with Crippen LogP contribution >= 0.6 is 0 Å². The summed E-state index contributed by atoms with van der Waals surface area (Å²) in [5.74, 6) is 0.821. The summed E-state index contributed by atoms with van der Waals surface area (Å²) in [6, 6.07) is 6.13. The summed E-state index contributed by atoms with van der Waals surface area (Å²) in [6.45, 7) is 5.22. The monoisotopic (exact) mass is 474 g/mol. The highest BCUT2D eigenvalue weighted by atomic mass is 16.3. The van der Waals surface area contributed by atoms with E-state index >= 15 is 0 Å². The topological polar surface area (TPSA) is 126 Å². The van der Waals surface area contributed by atoms with E-state index in [1.54, 1.807) is 6.20 Å². The van der Waals surface area contributed by atoms with Crippen LogP contribution < -0.4 is 11.1 Å². The van der Waals surface area contributed by atoms with Crippen molar-refractivity contribution in [3.8, 4) is 11.3 Å². The molecular formula is C26H30N6O3. The first-order valence-electron chi connectivity index (χ1n) is 12.4. The molecule has 0 radical (unpaired) electrons. The number of nitrogens with one attached hydrogen (secondary N) is 1. The van der Waals surface area contributed by atoms with Gasteiger partial charge in [-0.05, 0) is 80.7 Å². The Morgan fingerprint density at radius 1 is 1.31 bits per heavy atom. The van der Waals surface area contributed by atoms with Gasteiger partial charge in [-0.1, -0.05) is 0 Å². The van der Waals surface area contributed by atoms with E-state index in [9.17, 15) is 14.7 Å². The third-order valence-corrected chi connectivity index (χ3v) is 7.83. The number of benzene rings is 1. The average Bonchev–Trinajstić information content (AvgIpc) is 3.52. The second-order valence-electron chi connectivity index (χ2n) is 10.4. The minimum Gasteiger partial charge on any atom is -0.393 e. The number of fused-ring (bicyclic) bond motifs is 2. The number of carbonyl (C=O) groups excluding carboxylic acids is 2. The fourth-order valence-corrected chi connectivity index (χ4v) is 5.52. The Morgan fingerprint density at radius 3 is 2.80 bits per heavy atom. The first kappa shape index (κ1) is 22.0. The van der Waals surface area contributed by atoms with Crippen LogP contribution in [0.4, 0.5) is 5.82 Å². The van der Waals surface area contributed by atoms with Gasteiger partial charge >= 0.3 is 0 Å². The molecule has 3 heterocycles. The number of nitrogens with two attached hydrogens (primary N) is 1. The zero-order chi connectivity index (χ0) is 24.4. The summed E-state index contributed by atoms with van der Waals surface area (Å²) in [5.41, 5.74) is 11.1. The van der Waals surface area contributed by atoms with Gasteiger partial charge in [0.25, 0.3) is 11.8 Å². The molecule has 2 amide bonds. The molecule has 9 heteroatoms. The summed E-state index contributed by atoms with van der Waals surface area (Å²) in [4.78, 5) is 32.8. The van der Waals surface area contributed by atoms with E-state index in [2.05, 4.69) is 17.3 Å². The Morgan fingerprint density at radius 2 is 2.09 bits per heavy atom. The van der Waals surface area contributed by atoms with Crippen LogP contribution in [0.25, 0.3) is 16.9 Å². The Kier molecular flexibility index (Phi) is 5.07. The standard InChI is InChI=1S/C26H30N6O3/c1-13-7-17(10-18-12-31(26(35)21(13)18)14(2)16-3-4-16)20-5-6-32-24(29-20)22(23(27)30-32)25(34)28-11-15-8-19(33)9-15/h5-7,10,14-16,19,33H,3-4,8-9,11-12H2,1-2H3,(H2,27,30)(H,28,34)/t14?,15-,19-. The second kappa shape index (κ2) is 8.05. The van der Waals surface area contributed by atoms with Gasteiger partial charge in [-0.2, -0.15) is 0 Å². The number of nitrogen functional groups attached to an aromatic ring is 1. The lowest BCUT2D eigenvalue weighted by molar-refractivity contribution is 0.0420. The average molecular weight is 475 g/mol. The van der Waals surface area contributed by atoms with Crippen molar-refractivity contribution < 1.29 is 14.7 Å². The Labute approximate surface area is 203 Å². The predicted octanol–water partition coefficient (Wildman–Crippen LogP) is 2.54. The molecule has 2 fully saturated rings. The van der Waals surface area contributed by atoms with E-state index in [4.69, 9.17) is 10.7 Å². The molecular weight excluding hydrogens is 444 g/mol. The quantitative estimate of drug-likeness (QED) is 0.504. The molecule has 2 saturated carbocycles. The highest BCUT2D eigenvalue weighted by Crippen LogP contribution is 2.39. The van der Waals surface area contributed by atoms with Crippen LogP contribution in [0.2, 0.25) is 0 Å². The molecule has 9 nitrogen and oxygen atoms in total. The van der Waals surface area contributed by atoms with Crippen molar-refractivity contribution in [2.24, 2.45) is 11.8 Å². The van der Waals surface area contributed by atoms with Crippen LogP contribution in [0, 0.1) is 18.8 Å². The van der Waals surface area contributed by atoms with Crippen LogP contribution in [0.5, 0.6) is 0 Å². The molecule has 0 saturated heterocycles. The summed E-state index contributed by atoms with van der Waals surface area (Å²) < 4.78 is 1.52. The summed E-state index contributed by atoms with van der Waals surface area (Å²) in [7, 11) is 0. The highest BCUT2D eigenvalue weighted by Gasteiger charge is 2.39. The molecule has 2 aromatic heterocycles. The van der Waals surface area contributed by atoms with E-state index in [0.29, 0.717) is 43.2 Å². The number of anilines is 1. The van der Waals surface area contributed by atoms with Gasteiger partial charge in [0.05, 0.1) is 11.8 Å². The molecule has 3 aromatic rings. The smallest absolute Gasteiger partial charge is 0.258 e. The zero-order valence-electron chi connectivity index (χ0n) is 20.0. The third-order valence-electron chi connectivity index (χ3n) is 7.83. The molecule has 1 atom stereocenters. The Bertz CT molecular complexity index is 1350. The van der Waals surface area contributed by atoms with E-state index < -0.39 is 0 Å². The van der Waals surface area contributed by atoms with Crippen LogP contribution in [0.1, 0.15) is 64.4 Å². The zero-order valence-corrected chi connectivity index (χ0v) is 20.0. The lowest BCUT2D eigenvalue weighted by Gasteiger charge is -2.31. The summed E-state index contributed by atoms with van der Waals surface area (Å²) in [6.07, 6.45) is 5.28. The number of amides is 2. The first-order valence-corrected chi connectivity index (χ1v) is 12.4. The van der Waals surface area contributed by atoms with E-state index in [1.807, 2.05) is 30.0 Å². The maximum absolute atomic E-state index is 13.1. The first-order chi connectivity index (χ1) is 16.8. The maximum atomic E-state index is 13.1. The molecule has 0 spiro atoms. The van der Waals surface area contributed by atoms with Gasteiger partial charge < -0.3 is 21.1 Å². The van der Waals surface area contributed by atoms with Crippen molar-refractivity contribution in [1.82, 2.24) is 24.8 Å². The van der Waals surface area contributed by atoms with Crippen molar-refractivity contribution in [3.63, 3.8) is 0 Å². The molecule has 182 valence electrons. The van der Waals surface area contributed by atoms with Crippen molar-refractivity contribution in [1.29, 1.82) is 0 Å². The van der Waals surface area contributed by atoms with Crippen LogP contribution in [-0.2, 0) is 6.54 Å². The number of carbonyl (C=O) groups is 2. The van der Waals surface area contributed by atoms with Gasteiger partial charge in [-0.25, -0.2) is 9.50 Å². The minimum atomic E-state index is -0.316. The molecule has 3 aliphatic rings. The van der Waals surface area contributed by atoms with Crippen molar-refractivity contribution in [3.05, 3.63) is 46.6 Å². The van der Waals surface area contributed by atoms with Crippen molar-refractivity contribution in [2.75, 3.05) is 12.3 Å². The fourth-order valence-electron chi connectivity index (χ4n) is 5.52. The summed E-state index contributed by atoms with van der Waals surface area (Å²) >= 11 is 0. The van der Waals surface area contributed by atoms with Gasteiger partial charge in [-0.3, -0.25) is 9.59 Å². The summed E-state index contributed by atoms with van der Waals surface area (Å²) in [5, 5.41) is 16.6. The molecule has 1 unspecified atom stereocenters. The van der Waals surface area contributed by atoms with Gasteiger partial charge in [0.1, 0.15) is 5.56 Å². The van der Waals surface area contributed by atoms with Crippen molar-refractivity contribution in [2.45, 2.75) is 58.2 Å². The van der Waals surface area contributed by atoms with E-state index in [-0.39, 0.29) is 41.3 Å². The minimum absolute atomic E-state index is 0.119. The number of hydrogen-bond donors (Lipinski definition) is 3. The molecule has 0 bridgehead atoms. The predicted molar refractivity (Wildman–Crippen MR) is 131 cm³/mol. The van der Waals surface area contributed by atoms with Crippen LogP contribution in [-0.4, -0.2) is 55.1 Å². The molecule has 35 heavy (non-hydrogen) atoms. The largest absolute Gasteiger partial charge is 0.393 e. The number of aliphatic hydroxyl groups is 1. The normalized spacial score (nSPS) is 22.3. The van der Waals surface area contributed by atoms with Gasteiger partial charge in [0.15, 0.2) is 11.5 Å². The lowest BCUT2D eigenvalue weighted by Crippen LogP contribution is -2.38. The Balaban J connectivity index is 1.30. The maximum Gasteiger partial charge on any atom is 0.258 e. The number of rotatable bonds is 6. The van der Waals surface area contributed by atoms with Crippen LogP contribution in [0.3, 0.4) is 0 Å². The molecule has 1 aromatic carbocycles. The third kappa shape index (κ3) is 3.74. The van der Waals surface area contributed by atoms with Gasteiger partial charge in [0.2, 0.25) is 0 Å². The SMILES string of the molecule is Cc1cc(-c2ccn3nc(N)c(C(=O)NC[C@H]4C[C@H](O)C4)c3n2)cc2c1C(=O)N(C(C)C1CC1)C2. The van der Waals surface area contributed by atoms with E-state index in [0.717, 1.165) is 22.3 Å². The molecule has 4 N–H and O–H groups in total. The molecule has 2 aliphatic carbocycles. The molecule has 6 rings (SSSR count).